The monoisotopic (exact) mass is 513 g/mol. The standard InChI is InChI=1S/C24H20FN3O5S2/c1-15-6-12-18(13-7-15)35(31,32)27-17-10-8-16(9-11-17)23(30)26-24-28(14-21(29)33-2)22-19(25)4-3-5-20(22)34-24/h3-13,27H,14H2,1-2H3. The van der Waals surface area contributed by atoms with Crippen molar-refractivity contribution in [3.63, 3.8) is 0 Å². The summed E-state index contributed by atoms with van der Waals surface area (Å²) in [6.07, 6.45) is 0. The second-order valence-electron chi connectivity index (χ2n) is 7.55. The molecular weight excluding hydrogens is 493 g/mol. The van der Waals surface area contributed by atoms with Crippen LogP contribution in [0.1, 0.15) is 15.9 Å². The van der Waals surface area contributed by atoms with Crippen LogP contribution in [0.2, 0.25) is 0 Å². The number of rotatable bonds is 6. The highest BCUT2D eigenvalue weighted by Crippen LogP contribution is 2.21. The number of para-hydroxylation sites is 1. The van der Waals surface area contributed by atoms with Gasteiger partial charge in [0.15, 0.2) is 4.80 Å². The van der Waals surface area contributed by atoms with Crippen LogP contribution < -0.4 is 9.52 Å². The van der Waals surface area contributed by atoms with Gasteiger partial charge in [0.25, 0.3) is 15.9 Å². The summed E-state index contributed by atoms with van der Waals surface area (Å²) < 4.78 is 48.6. The average molecular weight is 514 g/mol. The number of nitrogens with zero attached hydrogens (tertiary/aromatic N) is 2. The number of carbonyl (C=O) groups is 2. The summed E-state index contributed by atoms with van der Waals surface area (Å²) in [6, 6.07) is 16.6. The van der Waals surface area contributed by atoms with Crippen molar-refractivity contribution in [3.8, 4) is 0 Å². The maximum absolute atomic E-state index is 14.4. The summed E-state index contributed by atoms with van der Waals surface area (Å²) >= 11 is 1.06. The molecule has 0 spiro atoms. The first-order chi connectivity index (χ1) is 16.7. The van der Waals surface area contributed by atoms with Crippen LogP contribution in [0.25, 0.3) is 10.2 Å². The maximum Gasteiger partial charge on any atom is 0.325 e. The smallest absolute Gasteiger partial charge is 0.325 e. The van der Waals surface area contributed by atoms with Crippen LogP contribution in [-0.4, -0.2) is 32.0 Å². The van der Waals surface area contributed by atoms with Crippen molar-refractivity contribution in [1.29, 1.82) is 0 Å². The number of aromatic nitrogens is 1. The molecule has 1 aromatic heterocycles. The number of aryl methyl sites for hydroxylation is 1. The van der Waals surface area contributed by atoms with Crippen LogP contribution in [0.5, 0.6) is 0 Å². The minimum absolute atomic E-state index is 0.116. The third-order valence-corrected chi connectivity index (χ3v) is 7.52. The maximum atomic E-state index is 14.4. The Morgan fingerprint density at radius 2 is 1.74 bits per heavy atom. The van der Waals surface area contributed by atoms with Crippen molar-refractivity contribution in [3.05, 3.63) is 88.5 Å². The van der Waals surface area contributed by atoms with Crippen molar-refractivity contribution >= 4 is 49.1 Å². The topological polar surface area (TPSA) is 107 Å². The third-order valence-electron chi connectivity index (χ3n) is 5.08. The fourth-order valence-corrected chi connectivity index (χ4v) is 5.38. The van der Waals surface area contributed by atoms with Crippen molar-refractivity contribution < 1.29 is 27.1 Å². The number of thiazole rings is 1. The summed E-state index contributed by atoms with van der Waals surface area (Å²) in [6.45, 7) is 1.54. The molecule has 0 saturated carbocycles. The number of hydrogen-bond acceptors (Lipinski definition) is 6. The summed E-state index contributed by atoms with van der Waals surface area (Å²) in [5, 5.41) is 0. The number of hydrogen-bond donors (Lipinski definition) is 1. The minimum atomic E-state index is -3.79. The molecule has 0 aliphatic heterocycles. The first-order valence-corrected chi connectivity index (χ1v) is 12.6. The van der Waals surface area contributed by atoms with E-state index in [1.165, 1.54) is 60.2 Å². The molecular formula is C24H20FN3O5S2. The van der Waals surface area contributed by atoms with Gasteiger partial charge in [0.05, 0.1) is 22.2 Å². The normalized spacial score (nSPS) is 12.0. The Balaban J connectivity index is 1.63. The van der Waals surface area contributed by atoms with E-state index in [0.29, 0.717) is 4.70 Å². The third kappa shape index (κ3) is 5.31. The summed E-state index contributed by atoms with van der Waals surface area (Å²) in [5.41, 5.74) is 1.54. The largest absolute Gasteiger partial charge is 0.468 e. The van der Waals surface area contributed by atoms with E-state index in [2.05, 4.69) is 14.5 Å². The molecule has 1 heterocycles. The molecule has 1 N–H and O–H groups in total. The van der Waals surface area contributed by atoms with Gasteiger partial charge >= 0.3 is 5.97 Å². The molecule has 0 radical (unpaired) electrons. The van der Waals surface area contributed by atoms with Crippen molar-refractivity contribution in [2.24, 2.45) is 4.99 Å². The molecule has 0 unspecified atom stereocenters. The van der Waals surface area contributed by atoms with E-state index in [9.17, 15) is 22.4 Å². The Labute approximate surface area is 204 Å². The van der Waals surface area contributed by atoms with E-state index in [1.54, 1.807) is 18.2 Å². The molecule has 0 aliphatic carbocycles. The van der Waals surface area contributed by atoms with E-state index in [0.717, 1.165) is 16.9 Å². The van der Waals surface area contributed by atoms with Gasteiger partial charge in [-0.1, -0.05) is 35.1 Å². The van der Waals surface area contributed by atoms with E-state index in [-0.39, 0.29) is 33.0 Å². The number of amides is 1. The quantitative estimate of drug-likeness (QED) is 0.394. The van der Waals surface area contributed by atoms with Gasteiger partial charge in [0.1, 0.15) is 12.4 Å². The Hall–Kier alpha value is -3.83. The number of ether oxygens (including phenoxy) is 1. The molecule has 1 amide bonds. The second kappa shape index (κ2) is 9.80. The number of carbonyl (C=O) groups excluding carboxylic acids is 2. The molecule has 35 heavy (non-hydrogen) atoms. The van der Waals surface area contributed by atoms with Gasteiger partial charge in [0.2, 0.25) is 0 Å². The molecule has 0 saturated heterocycles. The van der Waals surface area contributed by atoms with Crippen LogP contribution >= 0.6 is 11.3 Å². The Morgan fingerprint density at radius 1 is 1.06 bits per heavy atom. The Kier molecular flexibility index (Phi) is 6.81. The molecule has 4 aromatic rings. The zero-order chi connectivity index (χ0) is 25.2. The lowest BCUT2D eigenvalue weighted by molar-refractivity contribution is -0.141. The zero-order valence-corrected chi connectivity index (χ0v) is 20.3. The van der Waals surface area contributed by atoms with Gasteiger partial charge in [-0.2, -0.15) is 4.99 Å². The molecule has 8 nitrogen and oxygen atoms in total. The molecule has 0 bridgehead atoms. The highest BCUT2D eigenvalue weighted by Gasteiger charge is 2.16. The summed E-state index contributed by atoms with van der Waals surface area (Å²) in [5.74, 6) is -1.81. The number of halogens is 1. The van der Waals surface area contributed by atoms with Gasteiger partial charge in [-0.15, -0.1) is 0 Å². The molecule has 4 rings (SSSR count). The van der Waals surface area contributed by atoms with Gasteiger partial charge in [-0.3, -0.25) is 14.3 Å². The number of nitrogens with one attached hydrogen (secondary N) is 1. The number of esters is 1. The van der Waals surface area contributed by atoms with Crippen LogP contribution in [0, 0.1) is 12.7 Å². The van der Waals surface area contributed by atoms with E-state index >= 15 is 0 Å². The number of anilines is 1. The average Bonchev–Trinajstić information content (AvgIpc) is 3.17. The van der Waals surface area contributed by atoms with E-state index < -0.39 is 27.7 Å². The van der Waals surface area contributed by atoms with Crippen LogP contribution in [0.3, 0.4) is 0 Å². The highest BCUT2D eigenvalue weighted by atomic mass is 32.2. The van der Waals surface area contributed by atoms with Crippen molar-refractivity contribution in [2.75, 3.05) is 11.8 Å². The van der Waals surface area contributed by atoms with Gasteiger partial charge < -0.3 is 9.30 Å². The fraction of sp³-hybridized carbons (Fsp3) is 0.125. The van der Waals surface area contributed by atoms with E-state index in [1.807, 2.05) is 6.92 Å². The lowest BCUT2D eigenvalue weighted by Gasteiger charge is -2.08. The second-order valence-corrected chi connectivity index (χ2v) is 10.2. The fourth-order valence-electron chi connectivity index (χ4n) is 3.28. The van der Waals surface area contributed by atoms with Crippen molar-refractivity contribution in [1.82, 2.24) is 4.57 Å². The van der Waals surface area contributed by atoms with Gasteiger partial charge in [-0.05, 0) is 55.5 Å². The molecule has 0 fully saturated rings. The number of benzene rings is 3. The number of fused-ring (bicyclic) bond motifs is 1. The molecule has 180 valence electrons. The van der Waals surface area contributed by atoms with Crippen molar-refractivity contribution in [2.45, 2.75) is 18.4 Å². The zero-order valence-electron chi connectivity index (χ0n) is 18.7. The SMILES string of the molecule is COC(=O)Cn1c(=NC(=O)c2ccc(NS(=O)(=O)c3ccc(C)cc3)cc2)sc2cccc(F)c21. The first kappa shape index (κ1) is 24.3. The van der Waals surface area contributed by atoms with Crippen LogP contribution in [0.4, 0.5) is 10.1 Å². The van der Waals surface area contributed by atoms with Gasteiger partial charge in [-0.25, -0.2) is 12.8 Å². The minimum Gasteiger partial charge on any atom is -0.468 e. The highest BCUT2D eigenvalue weighted by molar-refractivity contribution is 7.92. The van der Waals surface area contributed by atoms with E-state index in [4.69, 9.17) is 0 Å². The molecule has 0 aliphatic rings. The van der Waals surface area contributed by atoms with Gasteiger partial charge in [0, 0.05) is 11.3 Å². The molecule has 0 atom stereocenters. The lowest BCUT2D eigenvalue weighted by atomic mass is 10.2. The predicted molar refractivity (Wildman–Crippen MR) is 130 cm³/mol. The Morgan fingerprint density at radius 3 is 2.40 bits per heavy atom. The first-order valence-electron chi connectivity index (χ1n) is 10.3. The van der Waals surface area contributed by atoms with Crippen LogP contribution in [0.15, 0.2) is 76.6 Å². The lowest BCUT2D eigenvalue weighted by Crippen LogP contribution is -2.22. The number of methoxy groups -OCH3 is 1. The summed E-state index contributed by atoms with van der Waals surface area (Å²) in [7, 11) is -2.58. The van der Waals surface area contributed by atoms with Crippen LogP contribution in [-0.2, 0) is 26.1 Å². The summed E-state index contributed by atoms with van der Waals surface area (Å²) in [4.78, 5) is 29.0. The Bertz CT molecular complexity index is 1590. The predicted octanol–water partition coefficient (Wildman–Crippen LogP) is 3.87. The molecule has 3 aromatic carbocycles. The molecule has 11 heteroatoms. The number of sulfonamides is 1.